The van der Waals surface area contributed by atoms with Crippen molar-refractivity contribution < 1.29 is 9.32 Å². The van der Waals surface area contributed by atoms with E-state index in [0.717, 1.165) is 11.0 Å². The minimum Gasteiger partial charge on any atom is -0.447 e. The molecule has 1 amide bonds. The van der Waals surface area contributed by atoms with Crippen LogP contribution in [0.25, 0.3) is 0 Å². The Morgan fingerprint density at radius 2 is 1.35 bits per heavy atom. The number of amides is 1. The monoisotopic (exact) mass is 319 g/mol. The Kier molecular flexibility index (Phi) is 3.57. The molecule has 1 aliphatic rings. The van der Waals surface area contributed by atoms with E-state index in [1.54, 1.807) is 4.67 Å². The summed E-state index contributed by atoms with van der Waals surface area (Å²) in [5.74, 6) is 0.632. The average Bonchev–Trinajstić information content (AvgIpc) is 2.63. The van der Waals surface area contributed by atoms with E-state index in [1.165, 1.54) is 0 Å². The lowest BCUT2D eigenvalue weighted by Gasteiger charge is -2.35. The quantitative estimate of drug-likeness (QED) is 0.657. The molecule has 23 heavy (non-hydrogen) atoms. The van der Waals surface area contributed by atoms with Gasteiger partial charge in [0, 0.05) is 5.30 Å². The molecule has 3 aromatic carbocycles. The molecular formula is C19H14NO2P. The number of hydrogen-bond acceptors (Lipinski definition) is 2. The van der Waals surface area contributed by atoms with Crippen LogP contribution in [-0.2, 0) is 0 Å². The molecule has 0 spiro atoms. The summed E-state index contributed by atoms with van der Waals surface area (Å²) in [7, 11) is -1.25. The zero-order valence-corrected chi connectivity index (χ0v) is 13.2. The molecule has 1 atom stereocenters. The Morgan fingerprint density at radius 1 is 0.739 bits per heavy atom. The molecule has 4 heteroatoms. The molecule has 0 bridgehead atoms. The first-order valence-electron chi connectivity index (χ1n) is 7.36. The second kappa shape index (κ2) is 5.86. The number of hydrogen-bond donors (Lipinski definition) is 0. The van der Waals surface area contributed by atoms with E-state index in [9.17, 15) is 4.79 Å². The molecule has 0 aromatic heterocycles. The van der Waals surface area contributed by atoms with Gasteiger partial charge in [0.25, 0.3) is 5.91 Å². The lowest BCUT2D eigenvalue weighted by Crippen LogP contribution is -2.35. The predicted molar refractivity (Wildman–Crippen MR) is 93.3 cm³/mol. The van der Waals surface area contributed by atoms with E-state index in [-0.39, 0.29) is 5.91 Å². The molecule has 112 valence electrons. The van der Waals surface area contributed by atoms with Crippen LogP contribution in [0.5, 0.6) is 5.75 Å². The first-order chi connectivity index (χ1) is 11.3. The third-order valence-corrected chi connectivity index (χ3v) is 5.54. The fourth-order valence-electron chi connectivity index (χ4n) is 2.57. The molecule has 1 unspecified atom stereocenters. The van der Waals surface area contributed by atoms with Crippen LogP contribution < -0.4 is 14.5 Å². The van der Waals surface area contributed by atoms with Crippen LogP contribution >= 0.6 is 8.30 Å². The zero-order chi connectivity index (χ0) is 15.6. The molecule has 0 aliphatic carbocycles. The van der Waals surface area contributed by atoms with Gasteiger partial charge in [-0.1, -0.05) is 48.5 Å². The van der Waals surface area contributed by atoms with Gasteiger partial charge in [-0.3, -0.25) is 4.79 Å². The third kappa shape index (κ3) is 2.49. The van der Waals surface area contributed by atoms with Crippen molar-refractivity contribution in [2.24, 2.45) is 0 Å². The van der Waals surface area contributed by atoms with Gasteiger partial charge in [-0.25, -0.2) is 4.67 Å². The SMILES string of the molecule is O=C1c2ccccc2OP(c2ccccc2)N1c1ccccc1. The number of carbonyl (C=O) groups excluding carboxylic acids is 1. The van der Waals surface area contributed by atoms with Crippen molar-refractivity contribution in [3.8, 4) is 5.75 Å². The molecule has 0 saturated carbocycles. The number of rotatable bonds is 2. The zero-order valence-electron chi connectivity index (χ0n) is 12.3. The first-order valence-corrected chi connectivity index (χ1v) is 8.57. The van der Waals surface area contributed by atoms with Crippen LogP contribution in [0.4, 0.5) is 5.69 Å². The summed E-state index contributed by atoms with van der Waals surface area (Å²) in [5.41, 5.74) is 1.45. The summed E-state index contributed by atoms with van der Waals surface area (Å²) in [6.07, 6.45) is 0. The second-order valence-electron chi connectivity index (χ2n) is 5.15. The van der Waals surface area contributed by atoms with Gasteiger partial charge in [0.15, 0.2) is 0 Å². The number of para-hydroxylation sites is 2. The van der Waals surface area contributed by atoms with E-state index < -0.39 is 8.30 Å². The van der Waals surface area contributed by atoms with Gasteiger partial charge in [-0.2, -0.15) is 0 Å². The predicted octanol–water partition coefficient (Wildman–Crippen LogP) is 4.36. The van der Waals surface area contributed by atoms with E-state index in [2.05, 4.69) is 0 Å². The van der Waals surface area contributed by atoms with Gasteiger partial charge in [-0.15, -0.1) is 0 Å². The second-order valence-corrected chi connectivity index (χ2v) is 6.79. The highest BCUT2D eigenvalue weighted by Gasteiger charge is 2.36. The van der Waals surface area contributed by atoms with Gasteiger partial charge in [0.2, 0.25) is 8.30 Å². The highest BCUT2D eigenvalue weighted by Crippen LogP contribution is 2.50. The molecule has 0 radical (unpaired) electrons. The molecule has 3 nitrogen and oxygen atoms in total. The molecule has 0 fully saturated rings. The highest BCUT2D eigenvalue weighted by atomic mass is 31.2. The average molecular weight is 319 g/mol. The number of carbonyl (C=O) groups is 1. The summed E-state index contributed by atoms with van der Waals surface area (Å²) in [6.45, 7) is 0. The Morgan fingerprint density at radius 3 is 2.09 bits per heavy atom. The Bertz CT molecular complexity index is 836. The van der Waals surface area contributed by atoms with Crippen LogP contribution in [0.2, 0.25) is 0 Å². The number of anilines is 1. The normalized spacial score (nSPS) is 16.6. The molecule has 3 aromatic rings. The van der Waals surface area contributed by atoms with E-state index in [4.69, 9.17) is 4.52 Å². The molecule has 1 aliphatic heterocycles. The topological polar surface area (TPSA) is 29.5 Å². The summed E-state index contributed by atoms with van der Waals surface area (Å²) in [5, 5.41) is 1.01. The molecule has 0 N–H and O–H groups in total. The van der Waals surface area contributed by atoms with Crippen molar-refractivity contribution in [3.63, 3.8) is 0 Å². The van der Waals surface area contributed by atoms with Crippen molar-refractivity contribution >= 4 is 25.2 Å². The van der Waals surface area contributed by atoms with Crippen LogP contribution in [0.1, 0.15) is 10.4 Å². The van der Waals surface area contributed by atoms with Gasteiger partial charge in [-0.05, 0) is 36.4 Å². The first kappa shape index (κ1) is 14.0. The van der Waals surface area contributed by atoms with Gasteiger partial charge < -0.3 is 4.52 Å². The summed E-state index contributed by atoms with van der Waals surface area (Å²) < 4.78 is 8.00. The number of fused-ring (bicyclic) bond motifs is 1. The minimum atomic E-state index is -1.25. The minimum absolute atomic E-state index is 0.0204. The van der Waals surface area contributed by atoms with Gasteiger partial charge >= 0.3 is 0 Å². The van der Waals surface area contributed by atoms with E-state index >= 15 is 0 Å². The fourth-order valence-corrected chi connectivity index (χ4v) is 4.38. The Balaban J connectivity index is 1.87. The molecule has 0 saturated heterocycles. The fraction of sp³-hybridized carbons (Fsp3) is 0. The molecular weight excluding hydrogens is 305 g/mol. The van der Waals surface area contributed by atoms with E-state index in [1.807, 2.05) is 84.9 Å². The maximum absolute atomic E-state index is 13.1. The van der Waals surface area contributed by atoms with Crippen LogP contribution in [0.15, 0.2) is 84.9 Å². The van der Waals surface area contributed by atoms with Crippen molar-refractivity contribution in [1.82, 2.24) is 0 Å². The molecule has 1 heterocycles. The smallest absolute Gasteiger partial charge is 0.268 e. The Labute approximate surface area is 136 Å². The van der Waals surface area contributed by atoms with Gasteiger partial charge in [0.05, 0.1) is 11.3 Å². The largest absolute Gasteiger partial charge is 0.447 e. The molecule has 4 rings (SSSR count). The lowest BCUT2D eigenvalue weighted by atomic mass is 10.2. The maximum Gasteiger partial charge on any atom is 0.268 e. The standard InChI is InChI=1S/C19H14NO2P/c21-19-17-13-7-8-14-18(17)22-23(16-11-5-2-6-12-16)20(19)15-9-3-1-4-10-15/h1-14H. The lowest BCUT2D eigenvalue weighted by molar-refractivity contribution is 0.0999. The van der Waals surface area contributed by atoms with Crippen molar-refractivity contribution in [1.29, 1.82) is 0 Å². The van der Waals surface area contributed by atoms with Gasteiger partial charge in [0.1, 0.15) is 5.75 Å². The van der Waals surface area contributed by atoms with Crippen LogP contribution in [0.3, 0.4) is 0 Å². The van der Waals surface area contributed by atoms with Crippen molar-refractivity contribution in [2.45, 2.75) is 0 Å². The van der Waals surface area contributed by atoms with Crippen molar-refractivity contribution in [2.75, 3.05) is 4.67 Å². The number of benzene rings is 3. The summed E-state index contributed by atoms with van der Waals surface area (Å²) >= 11 is 0. The summed E-state index contributed by atoms with van der Waals surface area (Å²) in [6, 6.07) is 27.0. The van der Waals surface area contributed by atoms with Crippen LogP contribution in [0, 0.1) is 0 Å². The summed E-state index contributed by atoms with van der Waals surface area (Å²) in [4.78, 5) is 13.1. The highest BCUT2D eigenvalue weighted by molar-refractivity contribution is 7.64. The van der Waals surface area contributed by atoms with Crippen LogP contribution in [-0.4, -0.2) is 5.91 Å². The number of nitrogens with zero attached hydrogens (tertiary/aromatic N) is 1. The Hall–Kier alpha value is -2.64. The van der Waals surface area contributed by atoms with E-state index in [0.29, 0.717) is 11.3 Å². The van der Waals surface area contributed by atoms with Crippen molar-refractivity contribution in [3.05, 3.63) is 90.5 Å². The third-order valence-electron chi connectivity index (χ3n) is 3.65. The maximum atomic E-state index is 13.1.